The zero-order valence-electron chi connectivity index (χ0n) is 34.1. The minimum atomic E-state index is -0.165. The van der Waals surface area contributed by atoms with Crippen molar-refractivity contribution < 1.29 is 9.15 Å². The number of nitrogens with zero attached hydrogens (tertiary/aromatic N) is 3. The van der Waals surface area contributed by atoms with Crippen molar-refractivity contribution in [3.63, 3.8) is 0 Å². The molecule has 3 aromatic heterocycles. The molecule has 8 aromatic carbocycles. The van der Waals surface area contributed by atoms with Gasteiger partial charge in [0.2, 0.25) is 0 Å². The van der Waals surface area contributed by atoms with Crippen molar-refractivity contribution in [2.45, 2.75) is 26.2 Å². The van der Waals surface area contributed by atoms with E-state index >= 15 is 0 Å². The number of fused-ring (bicyclic) bond motifs is 7. The summed E-state index contributed by atoms with van der Waals surface area (Å²) < 4.78 is 16.0. The lowest BCUT2D eigenvalue weighted by molar-refractivity contribution is 0.483. The van der Waals surface area contributed by atoms with E-state index in [-0.39, 0.29) is 5.41 Å². The van der Waals surface area contributed by atoms with E-state index in [1.807, 2.05) is 55.0 Å². The summed E-state index contributed by atoms with van der Waals surface area (Å²) >= 11 is 0. The molecule has 0 aliphatic rings. The molecule has 0 spiro atoms. The molecule has 0 amide bonds. The third-order valence-electron chi connectivity index (χ3n) is 11.7. The van der Waals surface area contributed by atoms with Crippen molar-refractivity contribution >= 4 is 43.5 Å². The van der Waals surface area contributed by atoms with Crippen LogP contribution in [0.15, 0.2) is 199 Å². The molecule has 0 saturated carbocycles. The molecule has 0 aliphatic heterocycles. The van der Waals surface area contributed by atoms with E-state index in [2.05, 4.69) is 170 Å². The molecule has 3 heterocycles. The summed E-state index contributed by atoms with van der Waals surface area (Å²) in [5, 5.41) is 6.65. The van der Waals surface area contributed by atoms with Gasteiger partial charge in [0.05, 0.1) is 16.9 Å². The third-order valence-corrected chi connectivity index (χ3v) is 11.7. The van der Waals surface area contributed by atoms with Crippen molar-refractivity contribution in [3.05, 3.63) is 200 Å². The summed E-state index contributed by atoms with van der Waals surface area (Å²) in [5.74, 6) is 2.15. The molecule has 0 bridgehead atoms. The number of rotatable bonds is 7. The molecule has 61 heavy (non-hydrogen) atoms. The van der Waals surface area contributed by atoms with Gasteiger partial charge in [-0.3, -0.25) is 9.55 Å². The maximum atomic E-state index is 6.95. The van der Waals surface area contributed by atoms with Crippen LogP contribution >= 0.6 is 0 Å². The Labute approximate surface area is 354 Å². The molecular formula is C56H41N3O2. The van der Waals surface area contributed by atoms with Crippen LogP contribution in [0.5, 0.6) is 11.5 Å². The first-order chi connectivity index (χ1) is 29.9. The fourth-order valence-electron chi connectivity index (χ4n) is 8.76. The van der Waals surface area contributed by atoms with E-state index in [1.54, 1.807) is 0 Å². The Hall–Kier alpha value is -7.76. The largest absolute Gasteiger partial charge is 0.457 e. The number of hydrogen-bond acceptors (Lipinski definition) is 4. The van der Waals surface area contributed by atoms with Crippen LogP contribution in [0.2, 0.25) is 0 Å². The molecular weight excluding hydrogens is 747 g/mol. The summed E-state index contributed by atoms with van der Waals surface area (Å²) in [6.45, 7) is 6.79. The van der Waals surface area contributed by atoms with Crippen molar-refractivity contribution in [2.75, 3.05) is 0 Å². The number of ether oxygens (including phenoxy) is 1. The molecule has 0 N–H and O–H groups in total. The van der Waals surface area contributed by atoms with Crippen molar-refractivity contribution in [1.29, 1.82) is 0 Å². The van der Waals surface area contributed by atoms with Crippen LogP contribution in [0.25, 0.3) is 94.1 Å². The second-order valence-electron chi connectivity index (χ2n) is 16.7. The Morgan fingerprint density at radius 2 is 1.23 bits per heavy atom. The van der Waals surface area contributed by atoms with Gasteiger partial charge in [-0.1, -0.05) is 136 Å². The van der Waals surface area contributed by atoms with Crippen LogP contribution in [0.3, 0.4) is 0 Å². The lowest BCUT2D eigenvalue weighted by Gasteiger charge is -2.25. The highest BCUT2D eigenvalue weighted by Gasteiger charge is 2.25. The average Bonchev–Trinajstić information content (AvgIpc) is 3.95. The first kappa shape index (κ1) is 36.3. The van der Waals surface area contributed by atoms with Gasteiger partial charge in [0.15, 0.2) is 0 Å². The maximum Gasteiger partial charge on any atom is 0.148 e. The predicted octanol–water partition coefficient (Wildman–Crippen LogP) is 15.2. The van der Waals surface area contributed by atoms with E-state index < -0.39 is 0 Å². The zero-order valence-corrected chi connectivity index (χ0v) is 34.1. The Morgan fingerprint density at radius 3 is 2.00 bits per heavy atom. The van der Waals surface area contributed by atoms with Crippen LogP contribution in [0.1, 0.15) is 26.3 Å². The fraction of sp³-hybridized carbons (Fsp3) is 0.0714. The first-order valence-electron chi connectivity index (χ1n) is 20.7. The molecule has 0 saturated heterocycles. The van der Waals surface area contributed by atoms with Gasteiger partial charge in [-0.25, -0.2) is 4.98 Å². The average molecular weight is 788 g/mol. The molecule has 0 atom stereocenters. The Morgan fingerprint density at radius 1 is 0.508 bits per heavy atom. The molecule has 0 fully saturated rings. The minimum absolute atomic E-state index is 0.165. The normalized spacial score (nSPS) is 11.9. The third kappa shape index (κ3) is 6.52. The lowest BCUT2D eigenvalue weighted by Crippen LogP contribution is -2.15. The lowest BCUT2D eigenvalue weighted by atomic mass is 9.84. The van der Waals surface area contributed by atoms with Crippen LogP contribution in [-0.2, 0) is 5.41 Å². The van der Waals surface area contributed by atoms with E-state index in [4.69, 9.17) is 14.1 Å². The van der Waals surface area contributed by atoms with Crippen molar-refractivity contribution in [1.82, 2.24) is 14.5 Å². The number of pyridine rings is 1. The highest BCUT2D eigenvalue weighted by molar-refractivity contribution is 6.25. The summed E-state index contributed by atoms with van der Waals surface area (Å²) in [6, 6.07) is 61.5. The highest BCUT2D eigenvalue weighted by atomic mass is 16.5. The minimum Gasteiger partial charge on any atom is -0.457 e. The van der Waals surface area contributed by atoms with Crippen molar-refractivity contribution in [3.8, 4) is 62.1 Å². The van der Waals surface area contributed by atoms with Gasteiger partial charge in [0.25, 0.3) is 0 Å². The summed E-state index contributed by atoms with van der Waals surface area (Å²) in [6.07, 6.45) is 5.73. The fourth-order valence-corrected chi connectivity index (χ4v) is 8.76. The van der Waals surface area contributed by atoms with Crippen molar-refractivity contribution in [2.24, 2.45) is 0 Å². The van der Waals surface area contributed by atoms with E-state index in [0.29, 0.717) is 11.5 Å². The molecule has 5 nitrogen and oxygen atoms in total. The zero-order chi connectivity index (χ0) is 41.1. The SMILES string of the molecule is CC(C)(C)c1cc(-c2ccccc2)ccc1-n1ccnc1-c1cc(Oc2cccc(-c3ccccn3)c2)cc2c1oc1ccc3c4cc(-c5ccccc5)ccc4ccc3c12. The van der Waals surface area contributed by atoms with Crippen LogP contribution in [0.4, 0.5) is 0 Å². The topological polar surface area (TPSA) is 53.1 Å². The van der Waals surface area contributed by atoms with Gasteiger partial charge in [-0.15, -0.1) is 0 Å². The number of aromatic nitrogens is 3. The standard InChI is InChI=1S/C56H41N3O2/c1-56(2,3)49-33-40(37-15-8-5-9-16-37)23-26-51(49)59-30-29-58-55(59)48-35-43(60-42-18-12-17-41(31-42)50-19-10-11-28-57-50)34-47-53-45-24-22-38-20-21-39(36-13-6-4-7-14-36)32-46(38)44(45)25-27-52(53)61-54(47)48/h4-35H,1-3H3. The van der Waals surface area contributed by atoms with Gasteiger partial charge in [-0.2, -0.15) is 0 Å². The van der Waals surface area contributed by atoms with E-state index in [1.165, 1.54) is 38.6 Å². The first-order valence-corrected chi connectivity index (χ1v) is 20.7. The second-order valence-corrected chi connectivity index (χ2v) is 16.7. The quantitative estimate of drug-likeness (QED) is 0.151. The molecule has 11 aromatic rings. The van der Waals surface area contributed by atoms with Gasteiger partial charge >= 0.3 is 0 Å². The Balaban J connectivity index is 1.13. The summed E-state index contributed by atoms with van der Waals surface area (Å²) in [5.41, 5.74) is 11.1. The predicted molar refractivity (Wildman–Crippen MR) is 251 cm³/mol. The number of benzene rings is 8. The van der Waals surface area contributed by atoms with Gasteiger partial charge < -0.3 is 9.15 Å². The van der Waals surface area contributed by atoms with E-state index in [9.17, 15) is 0 Å². The molecule has 0 radical (unpaired) electrons. The van der Waals surface area contributed by atoms with Crippen LogP contribution < -0.4 is 4.74 Å². The van der Waals surface area contributed by atoms with E-state index in [0.717, 1.165) is 61.0 Å². The maximum absolute atomic E-state index is 6.95. The Kier molecular flexibility index (Phi) is 8.64. The molecule has 0 unspecified atom stereocenters. The summed E-state index contributed by atoms with van der Waals surface area (Å²) in [7, 11) is 0. The number of hydrogen-bond donors (Lipinski definition) is 0. The van der Waals surface area contributed by atoms with Gasteiger partial charge in [-0.05, 0) is 115 Å². The molecule has 11 rings (SSSR count). The highest BCUT2D eigenvalue weighted by Crippen LogP contribution is 2.45. The summed E-state index contributed by atoms with van der Waals surface area (Å²) in [4.78, 5) is 9.66. The van der Waals surface area contributed by atoms with Crippen LogP contribution in [-0.4, -0.2) is 14.5 Å². The Bertz CT molecular complexity index is 3420. The second kappa shape index (κ2) is 14.5. The van der Waals surface area contributed by atoms with Gasteiger partial charge in [0, 0.05) is 34.9 Å². The number of imidazole rings is 1. The molecule has 292 valence electrons. The molecule has 0 aliphatic carbocycles. The van der Waals surface area contributed by atoms with Crippen LogP contribution in [0, 0.1) is 0 Å². The monoisotopic (exact) mass is 787 g/mol. The molecule has 5 heteroatoms. The van der Waals surface area contributed by atoms with Gasteiger partial charge in [0.1, 0.15) is 28.5 Å². The smallest absolute Gasteiger partial charge is 0.148 e. The number of furan rings is 1.